The van der Waals surface area contributed by atoms with Gasteiger partial charge in [0.1, 0.15) is 17.6 Å². The summed E-state index contributed by atoms with van der Waals surface area (Å²) in [7, 11) is 0. The van der Waals surface area contributed by atoms with Crippen LogP contribution in [-0.2, 0) is 16.1 Å². The van der Waals surface area contributed by atoms with Crippen LogP contribution in [0.5, 0.6) is 5.75 Å². The number of benzene rings is 3. The average Bonchev–Trinajstić information content (AvgIpc) is 3.55. The number of phenolic OH excluding ortho intramolecular Hbond substituents is 1. The van der Waals surface area contributed by atoms with E-state index in [1.807, 2.05) is 24.3 Å². The Kier molecular flexibility index (Phi) is 10.7. The topological polar surface area (TPSA) is 109 Å². The van der Waals surface area contributed by atoms with E-state index < -0.39 is 11.9 Å². The fourth-order valence-electron chi connectivity index (χ4n) is 8.79. The maximum absolute atomic E-state index is 13.1. The number of rotatable bonds is 10. The van der Waals surface area contributed by atoms with Gasteiger partial charge in [-0.3, -0.25) is 24.6 Å². The van der Waals surface area contributed by atoms with Crippen molar-refractivity contribution in [3.05, 3.63) is 119 Å². The number of nitrogens with zero attached hydrogens (tertiary/aromatic N) is 5. The van der Waals surface area contributed by atoms with Crippen LogP contribution in [0.1, 0.15) is 78.2 Å². The lowest BCUT2D eigenvalue weighted by Gasteiger charge is -2.37. The van der Waals surface area contributed by atoms with Crippen LogP contribution in [0.4, 0.5) is 11.5 Å². The zero-order chi connectivity index (χ0) is 37.9. The summed E-state index contributed by atoms with van der Waals surface area (Å²) in [6, 6.07) is 30.4. The van der Waals surface area contributed by atoms with Gasteiger partial charge in [0.05, 0.1) is 17.8 Å². The van der Waals surface area contributed by atoms with Crippen LogP contribution in [0.25, 0.3) is 11.1 Å². The SMILES string of the molecule is CC/C(=C(\c1ccc(O)cc1)c1ccc(N2CCC(CCN3CCN(c4ccc5c(n4)CN(C4CCC(=O)NC4=O)C5=O)CC3)CC2)cc1)c1ccccc1. The molecule has 1 aromatic heterocycles. The molecule has 10 heteroatoms. The standard InChI is InChI=1S/C45H50N6O4/c1-2-37(32-6-4-3-5-7-32)43(34-10-14-36(52)15-11-34)33-8-12-35(13-9-33)49-24-21-31(22-25-49)20-23-48-26-28-50(29-27-48)41-18-16-38-39(46-41)30-51(45(38)55)40-17-19-42(53)47-44(40)54/h3-16,18,31,40,52H,2,17,19-30H2,1H3,(H,47,53,54)/b43-37+. The van der Waals surface area contributed by atoms with Crippen molar-refractivity contribution in [3.63, 3.8) is 0 Å². The molecule has 284 valence electrons. The second-order valence-corrected chi connectivity index (χ2v) is 15.3. The number of phenols is 1. The molecule has 0 radical (unpaired) electrons. The Morgan fingerprint density at radius 1 is 0.764 bits per heavy atom. The van der Waals surface area contributed by atoms with Crippen LogP contribution >= 0.6 is 0 Å². The normalized spacial score (nSPS) is 20.1. The van der Waals surface area contributed by atoms with Crippen molar-refractivity contribution in [2.45, 2.75) is 58.0 Å². The number of aromatic hydroxyl groups is 1. The maximum Gasteiger partial charge on any atom is 0.256 e. The number of hydrogen-bond acceptors (Lipinski definition) is 8. The molecule has 4 aliphatic rings. The quantitative estimate of drug-likeness (QED) is 0.143. The van der Waals surface area contributed by atoms with Crippen LogP contribution < -0.4 is 15.1 Å². The van der Waals surface area contributed by atoms with Crippen LogP contribution in [0, 0.1) is 5.92 Å². The molecule has 1 unspecified atom stereocenters. The molecule has 55 heavy (non-hydrogen) atoms. The van der Waals surface area contributed by atoms with E-state index in [9.17, 15) is 19.5 Å². The van der Waals surface area contributed by atoms with E-state index >= 15 is 0 Å². The highest BCUT2D eigenvalue weighted by Gasteiger charge is 2.40. The average molecular weight is 739 g/mol. The highest BCUT2D eigenvalue weighted by atomic mass is 16.3. The van der Waals surface area contributed by atoms with E-state index in [-0.39, 0.29) is 24.0 Å². The smallest absolute Gasteiger partial charge is 0.256 e. The molecule has 1 atom stereocenters. The van der Waals surface area contributed by atoms with Crippen molar-refractivity contribution in [2.24, 2.45) is 5.92 Å². The number of imide groups is 1. The number of aromatic nitrogens is 1. The molecule has 0 aliphatic carbocycles. The number of anilines is 2. The van der Waals surface area contributed by atoms with E-state index in [0.717, 1.165) is 69.5 Å². The number of carbonyl (C=O) groups is 3. The summed E-state index contributed by atoms with van der Waals surface area (Å²) >= 11 is 0. The zero-order valence-corrected chi connectivity index (χ0v) is 31.6. The molecular formula is C45H50N6O4. The molecule has 4 aromatic rings. The Bertz CT molecular complexity index is 2050. The van der Waals surface area contributed by atoms with Crippen molar-refractivity contribution >= 4 is 40.4 Å². The molecule has 0 bridgehead atoms. The Labute approximate surface area is 323 Å². The number of amides is 3. The van der Waals surface area contributed by atoms with Crippen LogP contribution in [0.3, 0.4) is 0 Å². The molecule has 8 rings (SSSR count). The lowest BCUT2D eigenvalue weighted by Crippen LogP contribution is -2.52. The van der Waals surface area contributed by atoms with Crippen molar-refractivity contribution in [2.75, 3.05) is 55.6 Å². The fourth-order valence-corrected chi connectivity index (χ4v) is 8.79. The molecular weight excluding hydrogens is 689 g/mol. The molecule has 0 saturated carbocycles. The molecule has 0 spiro atoms. The number of piperidine rings is 2. The van der Waals surface area contributed by atoms with E-state index in [0.29, 0.717) is 24.2 Å². The van der Waals surface area contributed by atoms with Crippen molar-refractivity contribution in [1.82, 2.24) is 20.1 Å². The first kappa shape index (κ1) is 36.5. The molecule has 10 nitrogen and oxygen atoms in total. The lowest BCUT2D eigenvalue weighted by molar-refractivity contribution is -0.136. The molecule has 3 saturated heterocycles. The monoisotopic (exact) mass is 738 g/mol. The molecule has 3 fully saturated rings. The molecule has 3 amide bonds. The van der Waals surface area contributed by atoms with Gasteiger partial charge in [-0.15, -0.1) is 0 Å². The van der Waals surface area contributed by atoms with Crippen LogP contribution in [-0.4, -0.2) is 89.5 Å². The van der Waals surface area contributed by atoms with E-state index in [2.05, 4.69) is 81.5 Å². The van der Waals surface area contributed by atoms with Crippen molar-refractivity contribution in [3.8, 4) is 5.75 Å². The summed E-state index contributed by atoms with van der Waals surface area (Å²) in [5, 5.41) is 12.4. The first-order valence-electron chi connectivity index (χ1n) is 19.9. The predicted molar refractivity (Wildman–Crippen MR) is 216 cm³/mol. The largest absolute Gasteiger partial charge is 0.508 e. The second kappa shape index (κ2) is 16.1. The number of piperazine rings is 1. The Morgan fingerprint density at radius 3 is 2.13 bits per heavy atom. The molecule has 5 heterocycles. The molecule has 4 aliphatic heterocycles. The summed E-state index contributed by atoms with van der Waals surface area (Å²) in [5.41, 5.74) is 8.54. The summed E-state index contributed by atoms with van der Waals surface area (Å²) in [6.45, 7) is 9.48. The van der Waals surface area contributed by atoms with Gasteiger partial charge >= 0.3 is 0 Å². The van der Waals surface area contributed by atoms with Crippen molar-refractivity contribution < 1.29 is 19.5 Å². The number of carbonyl (C=O) groups excluding carboxylic acids is 3. The summed E-state index contributed by atoms with van der Waals surface area (Å²) in [5.74, 6) is 1.01. The number of nitrogens with one attached hydrogen (secondary N) is 1. The third-order valence-corrected chi connectivity index (χ3v) is 12.0. The third-order valence-electron chi connectivity index (χ3n) is 12.0. The fraction of sp³-hybridized carbons (Fsp3) is 0.378. The zero-order valence-electron chi connectivity index (χ0n) is 31.6. The Balaban J connectivity index is 0.824. The van der Waals surface area contributed by atoms with E-state index in [4.69, 9.17) is 4.98 Å². The Hall–Kier alpha value is -5.48. The van der Waals surface area contributed by atoms with E-state index in [1.165, 1.54) is 47.2 Å². The number of allylic oxidation sites excluding steroid dienone is 1. The van der Waals surface area contributed by atoms with Crippen LogP contribution in [0.2, 0.25) is 0 Å². The van der Waals surface area contributed by atoms with Crippen molar-refractivity contribution in [1.29, 1.82) is 0 Å². The molecule has 2 N–H and O–H groups in total. The predicted octanol–water partition coefficient (Wildman–Crippen LogP) is 6.35. The van der Waals surface area contributed by atoms with Crippen LogP contribution in [0.15, 0.2) is 91.0 Å². The van der Waals surface area contributed by atoms with Gasteiger partial charge in [-0.25, -0.2) is 4.98 Å². The minimum atomic E-state index is -0.626. The highest BCUT2D eigenvalue weighted by Crippen LogP contribution is 2.36. The Morgan fingerprint density at radius 2 is 1.45 bits per heavy atom. The second-order valence-electron chi connectivity index (χ2n) is 15.3. The van der Waals surface area contributed by atoms with Gasteiger partial charge in [-0.1, -0.05) is 61.5 Å². The maximum atomic E-state index is 13.1. The lowest BCUT2D eigenvalue weighted by atomic mass is 9.88. The van der Waals surface area contributed by atoms with Gasteiger partial charge in [-0.2, -0.15) is 0 Å². The van der Waals surface area contributed by atoms with E-state index in [1.54, 1.807) is 17.0 Å². The number of pyridine rings is 1. The van der Waals surface area contributed by atoms with Gasteiger partial charge in [0.2, 0.25) is 11.8 Å². The first-order chi connectivity index (χ1) is 26.8. The molecule has 3 aromatic carbocycles. The summed E-state index contributed by atoms with van der Waals surface area (Å²) in [4.78, 5) is 51.0. The van der Waals surface area contributed by atoms with Gasteiger partial charge in [0, 0.05) is 51.4 Å². The first-order valence-corrected chi connectivity index (χ1v) is 19.9. The van der Waals surface area contributed by atoms with Gasteiger partial charge in [0.15, 0.2) is 0 Å². The third kappa shape index (κ3) is 7.87. The minimum absolute atomic E-state index is 0.185. The minimum Gasteiger partial charge on any atom is -0.508 e. The summed E-state index contributed by atoms with van der Waals surface area (Å²) in [6.07, 6.45) is 5.10. The summed E-state index contributed by atoms with van der Waals surface area (Å²) < 4.78 is 0. The van der Waals surface area contributed by atoms with Gasteiger partial charge in [0.25, 0.3) is 5.91 Å². The van der Waals surface area contributed by atoms with Gasteiger partial charge in [-0.05, 0) is 109 Å². The number of hydrogen-bond donors (Lipinski definition) is 2. The highest BCUT2D eigenvalue weighted by molar-refractivity contribution is 6.05. The number of fused-ring (bicyclic) bond motifs is 1. The van der Waals surface area contributed by atoms with Gasteiger partial charge < -0.3 is 19.8 Å².